The standard InChI is InChI=1S/C10H9ClO3S/c11-5-7-6-15-10(14-7)4-8(12)9-2-1-3-13-9/h1-4,7H,5-6H2/b10-4-. The van der Waals surface area contributed by atoms with Crippen LogP contribution in [-0.2, 0) is 4.74 Å². The lowest BCUT2D eigenvalue weighted by molar-refractivity contribution is 0.101. The topological polar surface area (TPSA) is 39.4 Å². The van der Waals surface area contributed by atoms with Crippen LogP contribution in [0, 0.1) is 0 Å². The number of furan rings is 1. The fraction of sp³-hybridized carbons (Fsp3) is 0.300. The monoisotopic (exact) mass is 244 g/mol. The van der Waals surface area contributed by atoms with E-state index in [0.717, 1.165) is 5.75 Å². The Bertz CT molecular complexity index is 372. The maximum Gasteiger partial charge on any atom is 0.225 e. The van der Waals surface area contributed by atoms with Crippen molar-refractivity contribution in [1.29, 1.82) is 0 Å². The molecule has 2 rings (SSSR count). The molecule has 0 aromatic carbocycles. The zero-order valence-corrected chi connectivity index (χ0v) is 9.38. The summed E-state index contributed by atoms with van der Waals surface area (Å²) < 4.78 is 10.4. The van der Waals surface area contributed by atoms with Crippen LogP contribution in [0.5, 0.6) is 0 Å². The first-order valence-electron chi connectivity index (χ1n) is 4.44. The van der Waals surface area contributed by atoms with E-state index in [4.69, 9.17) is 20.8 Å². The van der Waals surface area contributed by atoms with E-state index in [1.165, 1.54) is 24.1 Å². The summed E-state index contributed by atoms with van der Waals surface area (Å²) in [7, 11) is 0. The van der Waals surface area contributed by atoms with Gasteiger partial charge in [0.1, 0.15) is 6.10 Å². The Balaban J connectivity index is 2.02. The fourth-order valence-electron chi connectivity index (χ4n) is 1.16. The van der Waals surface area contributed by atoms with Gasteiger partial charge in [-0.05, 0) is 12.1 Å². The predicted molar refractivity (Wildman–Crippen MR) is 59.2 cm³/mol. The first kappa shape index (κ1) is 10.6. The molecule has 0 amide bonds. The zero-order valence-electron chi connectivity index (χ0n) is 7.81. The number of hydrogen-bond donors (Lipinski definition) is 0. The third-order valence-electron chi connectivity index (χ3n) is 1.88. The van der Waals surface area contributed by atoms with Gasteiger partial charge in [0.25, 0.3) is 0 Å². The maximum atomic E-state index is 11.6. The number of rotatable bonds is 3. The average molecular weight is 245 g/mol. The minimum absolute atomic E-state index is 0.00678. The van der Waals surface area contributed by atoms with Gasteiger partial charge in [0.05, 0.1) is 12.1 Å². The number of ether oxygens (including phenoxy) is 1. The summed E-state index contributed by atoms with van der Waals surface area (Å²) in [6.45, 7) is 0. The first-order valence-corrected chi connectivity index (χ1v) is 5.96. The van der Waals surface area contributed by atoms with E-state index in [-0.39, 0.29) is 11.9 Å². The number of carbonyl (C=O) groups excluding carboxylic acids is 1. The molecule has 80 valence electrons. The van der Waals surface area contributed by atoms with E-state index < -0.39 is 0 Å². The van der Waals surface area contributed by atoms with Crippen LogP contribution in [0.4, 0.5) is 0 Å². The smallest absolute Gasteiger partial charge is 0.225 e. The highest BCUT2D eigenvalue weighted by Gasteiger charge is 2.21. The van der Waals surface area contributed by atoms with E-state index >= 15 is 0 Å². The lowest BCUT2D eigenvalue weighted by Crippen LogP contribution is -2.09. The summed E-state index contributed by atoms with van der Waals surface area (Å²) in [5.41, 5.74) is 0. The van der Waals surface area contributed by atoms with Gasteiger partial charge in [0.2, 0.25) is 5.78 Å². The molecule has 0 spiro atoms. The summed E-state index contributed by atoms with van der Waals surface area (Å²) in [4.78, 5) is 11.6. The highest BCUT2D eigenvalue weighted by atomic mass is 35.5. The molecule has 0 bridgehead atoms. The van der Waals surface area contributed by atoms with Gasteiger partial charge in [-0.15, -0.1) is 11.6 Å². The molecule has 1 fully saturated rings. The summed E-state index contributed by atoms with van der Waals surface area (Å²) in [5, 5.41) is 0.613. The molecule has 1 unspecified atom stereocenters. The molecule has 1 aliphatic rings. The van der Waals surface area contributed by atoms with Gasteiger partial charge in [-0.2, -0.15) is 0 Å². The van der Waals surface area contributed by atoms with Gasteiger partial charge in [0, 0.05) is 11.8 Å². The second-order valence-corrected chi connectivity index (χ2v) is 4.34. The highest BCUT2D eigenvalue weighted by Crippen LogP contribution is 2.29. The number of carbonyl (C=O) groups is 1. The number of alkyl halides is 1. The van der Waals surface area contributed by atoms with E-state index in [9.17, 15) is 4.79 Å². The van der Waals surface area contributed by atoms with Crippen LogP contribution in [0.15, 0.2) is 34.0 Å². The molecule has 0 saturated carbocycles. The molecule has 1 aromatic rings. The Morgan fingerprint density at radius 2 is 2.60 bits per heavy atom. The molecule has 1 atom stereocenters. The van der Waals surface area contributed by atoms with Gasteiger partial charge in [-0.25, -0.2) is 0 Å². The van der Waals surface area contributed by atoms with Crippen molar-refractivity contribution in [1.82, 2.24) is 0 Å². The molecule has 2 heterocycles. The largest absolute Gasteiger partial charge is 0.482 e. The van der Waals surface area contributed by atoms with Crippen LogP contribution in [-0.4, -0.2) is 23.5 Å². The van der Waals surface area contributed by atoms with Gasteiger partial charge < -0.3 is 9.15 Å². The van der Waals surface area contributed by atoms with Crippen molar-refractivity contribution < 1.29 is 13.9 Å². The van der Waals surface area contributed by atoms with Gasteiger partial charge in [0.15, 0.2) is 10.9 Å². The zero-order chi connectivity index (χ0) is 10.7. The van der Waals surface area contributed by atoms with Gasteiger partial charge >= 0.3 is 0 Å². The van der Waals surface area contributed by atoms with Crippen LogP contribution in [0.3, 0.4) is 0 Å². The molecule has 15 heavy (non-hydrogen) atoms. The Kier molecular flexibility index (Phi) is 3.38. The molecule has 1 saturated heterocycles. The quantitative estimate of drug-likeness (QED) is 0.466. The minimum Gasteiger partial charge on any atom is -0.482 e. The van der Waals surface area contributed by atoms with Crippen molar-refractivity contribution in [2.75, 3.05) is 11.6 Å². The van der Waals surface area contributed by atoms with Crippen molar-refractivity contribution in [3.05, 3.63) is 35.3 Å². The SMILES string of the molecule is O=C(/C=C1/OC(CCl)CS1)c1ccco1. The molecule has 5 heteroatoms. The van der Waals surface area contributed by atoms with Crippen LogP contribution in [0.1, 0.15) is 10.6 Å². The molecule has 0 radical (unpaired) electrons. The Hall–Kier alpha value is -0.870. The van der Waals surface area contributed by atoms with E-state index in [1.807, 2.05) is 0 Å². The molecule has 3 nitrogen and oxygen atoms in total. The Labute approximate surface area is 96.4 Å². The van der Waals surface area contributed by atoms with Crippen molar-refractivity contribution in [3.63, 3.8) is 0 Å². The lowest BCUT2D eigenvalue weighted by Gasteiger charge is -2.03. The number of hydrogen-bond acceptors (Lipinski definition) is 4. The fourth-order valence-corrected chi connectivity index (χ4v) is 2.39. The molecular weight excluding hydrogens is 236 g/mol. The first-order chi connectivity index (χ1) is 7.29. The van der Waals surface area contributed by atoms with Crippen LogP contribution < -0.4 is 0 Å². The predicted octanol–water partition coefficient (Wildman–Crippen LogP) is 2.67. The van der Waals surface area contributed by atoms with Crippen molar-refractivity contribution in [2.45, 2.75) is 6.10 Å². The average Bonchev–Trinajstić information content (AvgIpc) is 2.87. The lowest BCUT2D eigenvalue weighted by atomic mass is 10.3. The summed E-state index contributed by atoms with van der Waals surface area (Å²) in [5.74, 6) is 1.37. The summed E-state index contributed by atoms with van der Waals surface area (Å²) >= 11 is 7.13. The van der Waals surface area contributed by atoms with Crippen LogP contribution in [0.2, 0.25) is 0 Å². The molecular formula is C10H9ClO3S. The van der Waals surface area contributed by atoms with Crippen molar-refractivity contribution in [3.8, 4) is 0 Å². The van der Waals surface area contributed by atoms with Crippen molar-refractivity contribution in [2.24, 2.45) is 0 Å². The molecule has 1 aromatic heterocycles. The van der Waals surface area contributed by atoms with Crippen LogP contribution in [0.25, 0.3) is 0 Å². The number of ketones is 1. The van der Waals surface area contributed by atoms with Crippen LogP contribution >= 0.6 is 23.4 Å². The van der Waals surface area contributed by atoms with Gasteiger partial charge in [-0.3, -0.25) is 4.79 Å². The van der Waals surface area contributed by atoms with Crippen molar-refractivity contribution >= 4 is 29.1 Å². The number of halogens is 1. The third-order valence-corrected chi connectivity index (χ3v) is 3.26. The third kappa shape index (κ3) is 2.58. The van der Waals surface area contributed by atoms with E-state index in [2.05, 4.69) is 0 Å². The van der Waals surface area contributed by atoms with E-state index in [1.54, 1.807) is 12.1 Å². The number of allylic oxidation sites excluding steroid dienone is 1. The summed E-state index contributed by atoms with van der Waals surface area (Å²) in [6.07, 6.45) is 2.92. The Morgan fingerprint density at radius 3 is 3.20 bits per heavy atom. The highest BCUT2D eigenvalue weighted by molar-refractivity contribution is 8.03. The minimum atomic E-state index is -0.183. The second-order valence-electron chi connectivity index (χ2n) is 3.01. The maximum absolute atomic E-state index is 11.6. The second kappa shape index (κ2) is 4.77. The molecule has 0 N–H and O–H groups in total. The Morgan fingerprint density at radius 1 is 1.73 bits per heavy atom. The van der Waals surface area contributed by atoms with E-state index in [0.29, 0.717) is 16.7 Å². The number of thioether (sulfide) groups is 1. The van der Waals surface area contributed by atoms with Gasteiger partial charge in [-0.1, -0.05) is 11.8 Å². The molecule has 1 aliphatic heterocycles. The normalized spacial score (nSPS) is 23.0. The summed E-state index contributed by atoms with van der Waals surface area (Å²) in [6, 6.07) is 3.30. The molecule has 0 aliphatic carbocycles.